The molecule has 0 heterocycles. The Morgan fingerprint density at radius 1 is 1.44 bits per heavy atom. The number of carbonyl (C=O) groups is 1. The zero-order chi connectivity index (χ0) is 12.0. The van der Waals surface area contributed by atoms with Crippen LogP contribution < -0.4 is 4.90 Å². The molecule has 0 aliphatic carbocycles. The average molecular weight is 217 g/mol. The van der Waals surface area contributed by atoms with Gasteiger partial charge in [-0.15, -0.1) is 0 Å². The van der Waals surface area contributed by atoms with Crippen molar-refractivity contribution in [1.82, 2.24) is 0 Å². The van der Waals surface area contributed by atoms with Gasteiger partial charge in [-0.25, -0.2) is 10.0 Å². The summed E-state index contributed by atoms with van der Waals surface area (Å²) in [7, 11) is 0. The van der Waals surface area contributed by atoms with Gasteiger partial charge >= 0.3 is 0 Å². The zero-order valence-corrected chi connectivity index (χ0v) is 9.14. The van der Waals surface area contributed by atoms with E-state index in [1.807, 2.05) is 18.3 Å². The summed E-state index contributed by atoms with van der Waals surface area (Å²) in [4.78, 5) is 12.3. The zero-order valence-electron chi connectivity index (χ0n) is 9.14. The lowest BCUT2D eigenvalue weighted by Gasteiger charge is -2.15. The maximum atomic E-state index is 11.2. The molecular formula is C12H13N2O2. The van der Waals surface area contributed by atoms with E-state index in [1.54, 1.807) is 12.1 Å². The molecule has 1 amide bonds. The summed E-state index contributed by atoms with van der Waals surface area (Å²) in [5.74, 6) is -0.322. The molecule has 0 unspecified atom stereocenters. The Bertz CT molecular complexity index is 410. The lowest BCUT2D eigenvalue weighted by atomic mass is 10.1. The van der Waals surface area contributed by atoms with Crippen molar-refractivity contribution < 1.29 is 9.90 Å². The molecule has 1 aromatic carbocycles. The first kappa shape index (κ1) is 12.2. The number of rotatable bonds is 4. The van der Waals surface area contributed by atoms with E-state index in [-0.39, 0.29) is 12.5 Å². The van der Waals surface area contributed by atoms with Crippen LogP contribution in [-0.2, 0) is 16.3 Å². The minimum Gasteiger partial charge on any atom is -0.274 e. The molecule has 0 aliphatic rings. The van der Waals surface area contributed by atoms with Crippen molar-refractivity contribution >= 4 is 11.6 Å². The van der Waals surface area contributed by atoms with Crippen molar-refractivity contribution in [2.24, 2.45) is 0 Å². The topological polar surface area (TPSA) is 64.0 Å². The first-order valence-electron chi connectivity index (χ1n) is 5.07. The van der Waals surface area contributed by atoms with Crippen molar-refractivity contribution in [2.45, 2.75) is 19.8 Å². The molecule has 0 N–H and O–H groups in total. The monoisotopic (exact) mass is 217 g/mol. The second-order valence-corrected chi connectivity index (χ2v) is 3.39. The molecule has 1 aromatic rings. The van der Waals surface area contributed by atoms with Crippen LogP contribution in [-0.4, -0.2) is 12.5 Å². The smallest absolute Gasteiger partial charge is 0.237 e. The van der Waals surface area contributed by atoms with E-state index in [2.05, 4.69) is 0 Å². The summed E-state index contributed by atoms with van der Waals surface area (Å²) < 4.78 is 0. The van der Waals surface area contributed by atoms with Crippen LogP contribution in [0.15, 0.2) is 24.3 Å². The number of nitrogens with zero attached hydrogens (tertiary/aromatic N) is 2. The summed E-state index contributed by atoms with van der Waals surface area (Å²) in [6, 6.07) is 7.14. The van der Waals surface area contributed by atoms with Gasteiger partial charge in [-0.1, -0.05) is 18.2 Å². The molecule has 0 aliphatic heterocycles. The van der Waals surface area contributed by atoms with Gasteiger partial charge in [0.15, 0.2) is 6.19 Å². The number of para-hydroxylation sites is 1. The molecular weight excluding hydrogens is 204 g/mol. The van der Waals surface area contributed by atoms with E-state index in [4.69, 9.17) is 5.26 Å². The van der Waals surface area contributed by atoms with Gasteiger partial charge in [0.2, 0.25) is 5.91 Å². The fraction of sp³-hybridized carbons (Fsp3) is 0.333. The maximum absolute atomic E-state index is 11.2. The number of aryl methyl sites for hydroxylation is 1. The first-order valence-corrected chi connectivity index (χ1v) is 5.07. The van der Waals surface area contributed by atoms with Crippen LogP contribution in [0, 0.1) is 11.5 Å². The lowest BCUT2D eigenvalue weighted by molar-refractivity contribution is -0.115. The Hall–Kier alpha value is -1.86. The highest BCUT2D eigenvalue weighted by Crippen LogP contribution is 2.21. The third-order valence-electron chi connectivity index (χ3n) is 2.24. The Morgan fingerprint density at radius 3 is 2.69 bits per heavy atom. The molecule has 0 atom stereocenters. The number of benzene rings is 1. The van der Waals surface area contributed by atoms with Gasteiger partial charge in [0, 0.05) is 6.92 Å². The molecule has 4 heteroatoms. The van der Waals surface area contributed by atoms with E-state index in [0.717, 1.165) is 10.5 Å². The van der Waals surface area contributed by atoms with Crippen molar-refractivity contribution in [1.29, 1.82) is 5.26 Å². The minimum atomic E-state index is -0.322. The summed E-state index contributed by atoms with van der Waals surface area (Å²) in [5.41, 5.74) is 1.43. The standard InChI is InChI=1S/C12H13N2O2/c1-10(16)14(9-13)12-7-3-2-5-11(12)6-4-8-15/h2-3,5,7H,4,6,8H2,1H3. The van der Waals surface area contributed by atoms with Crippen molar-refractivity contribution in [3.8, 4) is 6.19 Å². The predicted molar refractivity (Wildman–Crippen MR) is 59.1 cm³/mol. The highest BCUT2D eigenvalue weighted by atomic mass is 16.2. The van der Waals surface area contributed by atoms with Gasteiger partial charge in [-0.3, -0.25) is 4.79 Å². The minimum absolute atomic E-state index is 0.152. The number of nitriles is 1. The number of carbonyl (C=O) groups excluding carboxylic acids is 1. The summed E-state index contributed by atoms with van der Waals surface area (Å²) in [6.07, 6.45) is 2.94. The van der Waals surface area contributed by atoms with Gasteiger partial charge in [0.1, 0.15) is 0 Å². The normalized spacial score (nSPS) is 9.56. The van der Waals surface area contributed by atoms with Gasteiger partial charge < -0.3 is 0 Å². The average Bonchev–Trinajstić information content (AvgIpc) is 2.28. The van der Waals surface area contributed by atoms with Crippen LogP contribution in [0.5, 0.6) is 0 Å². The lowest BCUT2D eigenvalue weighted by Crippen LogP contribution is -2.23. The molecule has 83 valence electrons. The van der Waals surface area contributed by atoms with E-state index >= 15 is 0 Å². The van der Waals surface area contributed by atoms with E-state index in [9.17, 15) is 9.90 Å². The molecule has 1 rings (SSSR count). The van der Waals surface area contributed by atoms with Crippen LogP contribution >= 0.6 is 0 Å². The SMILES string of the molecule is CC(=O)N(C#N)c1ccccc1CCC[O]. The molecule has 0 saturated heterocycles. The van der Waals surface area contributed by atoms with E-state index in [1.165, 1.54) is 6.92 Å². The van der Waals surface area contributed by atoms with Gasteiger partial charge in [-0.05, 0) is 24.5 Å². The Labute approximate surface area is 94.7 Å². The van der Waals surface area contributed by atoms with Crippen LogP contribution in [0.3, 0.4) is 0 Å². The Kier molecular flexibility index (Phi) is 4.49. The Morgan fingerprint density at radius 2 is 2.12 bits per heavy atom. The molecule has 0 saturated carbocycles. The van der Waals surface area contributed by atoms with Crippen LogP contribution in [0.1, 0.15) is 18.9 Å². The van der Waals surface area contributed by atoms with Crippen molar-refractivity contribution in [3.05, 3.63) is 29.8 Å². The summed E-state index contributed by atoms with van der Waals surface area (Å²) >= 11 is 0. The second kappa shape index (κ2) is 5.89. The molecule has 16 heavy (non-hydrogen) atoms. The molecule has 0 bridgehead atoms. The highest BCUT2D eigenvalue weighted by molar-refractivity contribution is 5.94. The number of hydrogen-bond acceptors (Lipinski definition) is 2. The second-order valence-electron chi connectivity index (χ2n) is 3.39. The molecule has 0 aromatic heterocycles. The van der Waals surface area contributed by atoms with Crippen LogP contribution in [0.2, 0.25) is 0 Å². The summed E-state index contributed by atoms with van der Waals surface area (Å²) in [5, 5.41) is 19.3. The quantitative estimate of drug-likeness (QED) is 0.571. The number of anilines is 1. The largest absolute Gasteiger partial charge is 0.274 e. The molecule has 0 spiro atoms. The van der Waals surface area contributed by atoms with E-state index < -0.39 is 0 Å². The van der Waals surface area contributed by atoms with E-state index in [0.29, 0.717) is 18.5 Å². The van der Waals surface area contributed by atoms with Crippen molar-refractivity contribution in [3.63, 3.8) is 0 Å². The molecule has 0 fully saturated rings. The maximum Gasteiger partial charge on any atom is 0.237 e. The van der Waals surface area contributed by atoms with Crippen molar-refractivity contribution in [2.75, 3.05) is 11.5 Å². The third-order valence-corrected chi connectivity index (χ3v) is 2.24. The first-order chi connectivity index (χ1) is 7.70. The Balaban J connectivity index is 3.02. The van der Waals surface area contributed by atoms with Gasteiger partial charge in [0.25, 0.3) is 0 Å². The molecule has 4 nitrogen and oxygen atoms in total. The fourth-order valence-corrected chi connectivity index (χ4v) is 1.50. The van der Waals surface area contributed by atoms with Crippen LogP contribution in [0.25, 0.3) is 0 Å². The number of hydrogen-bond donors (Lipinski definition) is 0. The highest BCUT2D eigenvalue weighted by Gasteiger charge is 2.13. The predicted octanol–water partition coefficient (Wildman–Crippen LogP) is 1.88. The summed E-state index contributed by atoms with van der Waals surface area (Å²) in [6.45, 7) is 1.19. The third kappa shape index (κ3) is 2.81. The van der Waals surface area contributed by atoms with Gasteiger partial charge in [0.05, 0.1) is 12.3 Å². The van der Waals surface area contributed by atoms with Crippen LogP contribution in [0.4, 0.5) is 5.69 Å². The fourth-order valence-electron chi connectivity index (χ4n) is 1.50. The number of amides is 1. The molecule has 1 radical (unpaired) electrons. The van der Waals surface area contributed by atoms with Gasteiger partial charge in [-0.2, -0.15) is 5.26 Å².